The molecule has 2 aromatic carbocycles. The van der Waals surface area contributed by atoms with Crippen molar-refractivity contribution in [2.75, 3.05) is 25.9 Å². The maximum absolute atomic E-state index is 5.88. The lowest BCUT2D eigenvalue weighted by molar-refractivity contribution is 0.302. The highest BCUT2D eigenvalue weighted by molar-refractivity contribution is 5.70. The lowest BCUT2D eigenvalue weighted by atomic mass is 10.1. The highest BCUT2D eigenvalue weighted by Gasteiger charge is 2.08. The van der Waals surface area contributed by atoms with Crippen LogP contribution in [0.3, 0.4) is 0 Å². The Balaban J connectivity index is 1.55. The molecule has 0 saturated carbocycles. The summed E-state index contributed by atoms with van der Waals surface area (Å²) in [6.07, 6.45) is 0.980. The van der Waals surface area contributed by atoms with Crippen molar-refractivity contribution in [3.63, 3.8) is 0 Å². The van der Waals surface area contributed by atoms with Gasteiger partial charge in [-0.15, -0.1) is 5.10 Å². The topological polar surface area (TPSA) is 98.1 Å². The predicted octanol–water partition coefficient (Wildman–Crippen LogP) is 2.62. The zero-order valence-corrected chi connectivity index (χ0v) is 14.7. The molecule has 0 aliphatic rings. The van der Waals surface area contributed by atoms with Crippen LogP contribution < -0.4 is 20.5 Å². The van der Waals surface area contributed by atoms with Crippen LogP contribution in [0, 0.1) is 0 Å². The zero-order chi connectivity index (χ0) is 18.2. The van der Waals surface area contributed by atoms with Crippen LogP contribution >= 0.6 is 0 Å². The molecule has 7 heteroatoms. The molecule has 26 heavy (non-hydrogen) atoms. The van der Waals surface area contributed by atoms with E-state index in [-0.39, 0.29) is 0 Å². The maximum atomic E-state index is 5.88. The van der Waals surface area contributed by atoms with Gasteiger partial charge in [0, 0.05) is 5.56 Å². The predicted molar refractivity (Wildman–Crippen MR) is 101 cm³/mol. The average molecular weight is 353 g/mol. The van der Waals surface area contributed by atoms with Gasteiger partial charge in [0.25, 0.3) is 0 Å². The van der Waals surface area contributed by atoms with E-state index in [1.807, 2.05) is 55.6 Å². The second-order valence-electron chi connectivity index (χ2n) is 5.82. The van der Waals surface area contributed by atoms with Crippen LogP contribution in [-0.4, -0.2) is 35.6 Å². The van der Waals surface area contributed by atoms with Crippen molar-refractivity contribution in [3.05, 3.63) is 54.1 Å². The summed E-state index contributed by atoms with van der Waals surface area (Å²) in [5.41, 5.74) is 8.34. The van der Waals surface area contributed by atoms with Crippen molar-refractivity contribution in [2.24, 2.45) is 0 Å². The fourth-order valence-electron chi connectivity index (χ4n) is 2.47. The monoisotopic (exact) mass is 353 g/mol. The Labute approximate surface area is 152 Å². The van der Waals surface area contributed by atoms with Crippen LogP contribution in [0.15, 0.2) is 48.5 Å². The van der Waals surface area contributed by atoms with Crippen LogP contribution in [0.25, 0.3) is 11.3 Å². The van der Waals surface area contributed by atoms with E-state index in [1.165, 1.54) is 0 Å². The first-order chi connectivity index (χ1) is 12.8. The first-order valence-electron chi connectivity index (χ1n) is 8.52. The second kappa shape index (κ2) is 8.87. The number of nitrogens with zero attached hydrogens (tertiary/aromatic N) is 2. The van der Waals surface area contributed by atoms with Crippen molar-refractivity contribution in [1.82, 2.24) is 20.7 Å². The summed E-state index contributed by atoms with van der Waals surface area (Å²) in [5.74, 6) is 1.98. The molecule has 7 nitrogen and oxygen atoms in total. The molecule has 3 rings (SSSR count). The minimum atomic E-state index is 0.368. The summed E-state index contributed by atoms with van der Waals surface area (Å²) < 4.78 is 11.6. The molecule has 0 fully saturated rings. The van der Waals surface area contributed by atoms with Gasteiger partial charge in [0.1, 0.15) is 23.8 Å². The number of hydrogen-bond acceptors (Lipinski definition) is 6. The molecule has 0 unspecified atom stereocenters. The summed E-state index contributed by atoms with van der Waals surface area (Å²) in [4.78, 5) is 0. The minimum Gasteiger partial charge on any atom is -0.494 e. The molecule has 0 spiro atoms. The SMILES string of the molecule is CNCCCOc1ccc(COc2cccc(-c3n[nH]nc3N)c2)cc1. The van der Waals surface area contributed by atoms with E-state index in [4.69, 9.17) is 15.2 Å². The maximum Gasteiger partial charge on any atom is 0.173 e. The number of anilines is 1. The van der Waals surface area contributed by atoms with Crippen molar-refractivity contribution in [3.8, 4) is 22.8 Å². The van der Waals surface area contributed by atoms with Gasteiger partial charge in [-0.3, -0.25) is 0 Å². The van der Waals surface area contributed by atoms with Gasteiger partial charge >= 0.3 is 0 Å². The van der Waals surface area contributed by atoms with Gasteiger partial charge in [-0.1, -0.05) is 24.3 Å². The molecule has 1 aromatic heterocycles. The number of hydrogen-bond donors (Lipinski definition) is 3. The Kier molecular flexibility index (Phi) is 6.05. The summed E-state index contributed by atoms with van der Waals surface area (Å²) in [7, 11) is 1.94. The van der Waals surface area contributed by atoms with E-state index in [0.717, 1.165) is 35.6 Å². The third-order valence-corrected chi connectivity index (χ3v) is 3.85. The highest BCUT2D eigenvalue weighted by atomic mass is 16.5. The lowest BCUT2D eigenvalue weighted by Crippen LogP contribution is -2.11. The molecule has 0 atom stereocenters. The van der Waals surface area contributed by atoms with Gasteiger partial charge < -0.3 is 20.5 Å². The zero-order valence-electron chi connectivity index (χ0n) is 14.7. The van der Waals surface area contributed by atoms with Crippen LogP contribution in [0.5, 0.6) is 11.5 Å². The molecule has 1 heterocycles. The molecule has 0 radical (unpaired) electrons. The Morgan fingerprint density at radius 3 is 2.62 bits per heavy atom. The standard InChI is InChI=1S/C19H23N5O2/c1-21-10-3-11-25-16-8-6-14(7-9-16)13-26-17-5-2-4-15(12-17)18-19(20)23-24-22-18/h2,4-9,12,21H,3,10-11,13H2,1H3,(H3,20,22,23,24). The lowest BCUT2D eigenvalue weighted by Gasteiger charge is -2.09. The van der Waals surface area contributed by atoms with E-state index in [2.05, 4.69) is 20.7 Å². The number of H-pyrrole nitrogens is 1. The first-order valence-corrected chi connectivity index (χ1v) is 8.52. The van der Waals surface area contributed by atoms with Gasteiger partial charge in [-0.05, 0) is 49.8 Å². The van der Waals surface area contributed by atoms with Crippen molar-refractivity contribution in [1.29, 1.82) is 0 Å². The Bertz CT molecular complexity index is 817. The van der Waals surface area contributed by atoms with E-state index in [0.29, 0.717) is 24.7 Å². The molecule has 136 valence electrons. The van der Waals surface area contributed by atoms with Crippen molar-refractivity contribution < 1.29 is 9.47 Å². The number of nitrogens with one attached hydrogen (secondary N) is 2. The van der Waals surface area contributed by atoms with Crippen LogP contribution in [0.4, 0.5) is 5.82 Å². The molecule has 0 aliphatic carbocycles. The largest absolute Gasteiger partial charge is 0.494 e. The van der Waals surface area contributed by atoms with E-state index in [9.17, 15) is 0 Å². The van der Waals surface area contributed by atoms with Gasteiger partial charge in [0.15, 0.2) is 5.82 Å². The normalized spacial score (nSPS) is 10.7. The molecule has 0 aliphatic heterocycles. The van der Waals surface area contributed by atoms with Crippen LogP contribution in [0.2, 0.25) is 0 Å². The van der Waals surface area contributed by atoms with E-state index in [1.54, 1.807) is 0 Å². The molecule has 4 N–H and O–H groups in total. The average Bonchev–Trinajstić information content (AvgIpc) is 3.11. The van der Waals surface area contributed by atoms with E-state index < -0.39 is 0 Å². The number of ether oxygens (including phenoxy) is 2. The number of nitrogen functional groups attached to an aromatic ring is 1. The number of rotatable bonds is 9. The van der Waals surface area contributed by atoms with Gasteiger partial charge in [-0.25, -0.2) is 0 Å². The van der Waals surface area contributed by atoms with Crippen molar-refractivity contribution >= 4 is 5.82 Å². The number of aromatic amines is 1. The molecule has 0 saturated heterocycles. The van der Waals surface area contributed by atoms with Gasteiger partial charge in [-0.2, -0.15) is 10.3 Å². The fraction of sp³-hybridized carbons (Fsp3) is 0.263. The Hall–Kier alpha value is -3.06. The Morgan fingerprint density at radius 2 is 1.88 bits per heavy atom. The molecule has 0 amide bonds. The fourth-order valence-corrected chi connectivity index (χ4v) is 2.47. The first kappa shape index (κ1) is 17.8. The number of benzene rings is 2. The molecule has 3 aromatic rings. The number of nitrogens with two attached hydrogens (primary N) is 1. The molecular weight excluding hydrogens is 330 g/mol. The summed E-state index contributed by atoms with van der Waals surface area (Å²) in [6.45, 7) is 2.12. The molecule has 0 bridgehead atoms. The molecular formula is C19H23N5O2. The van der Waals surface area contributed by atoms with E-state index >= 15 is 0 Å². The minimum absolute atomic E-state index is 0.368. The number of aromatic nitrogens is 3. The third-order valence-electron chi connectivity index (χ3n) is 3.85. The van der Waals surface area contributed by atoms with Crippen molar-refractivity contribution in [2.45, 2.75) is 13.0 Å². The van der Waals surface area contributed by atoms with Gasteiger partial charge in [0.2, 0.25) is 0 Å². The summed E-state index contributed by atoms with van der Waals surface area (Å²) >= 11 is 0. The third kappa shape index (κ3) is 4.73. The summed E-state index contributed by atoms with van der Waals surface area (Å²) in [5, 5.41) is 13.5. The van der Waals surface area contributed by atoms with Gasteiger partial charge in [0.05, 0.1) is 6.61 Å². The van der Waals surface area contributed by atoms with Crippen LogP contribution in [0.1, 0.15) is 12.0 Å². The highest BCUT2D eigenvalue weighted by Crippen LogP contribution is 2.25. The van der Waals surface area contributed by atoms with Crippen LogP contribution in [-0.2, 0) is 6.61 Å². The smallest absolute Gasteiger partial charge is 0.173 e. The quantitative estimate of drug-likeness (QED) is 0.512. The summed E-state index contributed by atoms with van der Waals surface area (Å²) in [6, 6.07) is 15.6. The second-order valence-corrected chi connectivity index (χ2v) is 5.82. The Morgan fingerprint density at radius 1 is 1.04 bits per heavy atom.